The lowest BCUT2D eigenvalue weighted by Crippen LogP contribution is -2.30. The molecule has 3 heteroatoms. The summed E-state index contributed by atoms with van der Waals surface area (Å²) >= 11 is 3.28. The van der Waals surface area contributed by atoms with Gasteiger partial charge in [-0.15, -0.1) is 0 Å². The monoisotopic (exact) mass is 274 g/mol. The quantitative estimate of drug-likeness (QED) is 0.888. The van der Waals surface area contributed by atoms with Crippen LogP contribution >= 0.6 is 15.9 Å². The Morgan fingerprint density at radius 3 is 2.67 bits per heavy atom. The van der Waals surface area contributed by atoms with Crippen molar-refractivity contribution in [3.8, 4) is 0 Å². The summed E-state index contributed by atoms with van der Waals surface area (Å²) in [4.78, 5) is 0. The van der Waals surface area contributed by atoms with Crippen molar-refractivity contribution in [2.45, 2.75) is 32.8 Å². The lowest BCUT2D eigenvalue weighted by Gasteiger charge is -2.30. The van der Waals surface area contributed by atoms with E-state index in [2.05, 4.69) is 15.9 Å². The Morgan fingerprint density at radius 2 is 2.13 bits per heavy atom. The van der Waals surface area contributed by atoms with Gasteiger partial charge < -0.3 is 5.11 Å². The molecule has 0 aromatic heterocycles. The number of benzene rings is 1. The molecule has 0 radical (unpaired) electrons. The maximum Gasteiger partial charge on any atom is 0.129 e. The van der Waals surface area contributed by atoms with Crippen molar-refractivity contribution in [3.05, 3.63) is 34.1 Å². The molecular weight excluding hydrogens is 259 g/mol. The lowest BCUT2D eigenvalue weighted by atomic mass is 9.82. The minimum atomic E-state index is -1.12. The summed E-state index contributed by atoms with van der Waals surface area (Å²) in [6.07, 6.45) is 0.805. The lowest BCUT2D eigenvalue weighted by molar-refractivity contribution is -0.00319. The highest BCUT2D eigenvalue weighted by molar-refractivity contribution is 9.10. The van der Waals surface area contributed by atoms with Gasteiger partial charge in [-0.25, -0.2) is 4.39 Å². The van der Waals surface area contributed by atoms with Crippen LogP contribution in [0.25, 0.3) is 0 Å². The first-order valence-corrected chi connectivity index (χ1v) is 5.86. The SMILES string of the molecule is CCC(C)C(C)(O)c1cc(Br)ccc1F. The van der Waals surface area contributed by atoms with Gasteiger partial charge in [0, 0.05) is 10.0 Å². The predicted molar refractivity (Wildman–Crippen MR) is 63.1 cm³/mol. The summed E-state index contributed by atoms with van der Waals surface area (Å²) < 4.78 is 14.4. The van der Waals surface area contributed by atoms with Gasteiger partial charge >= 0.3 is 0 Å². The molecule has 0 heterocycles. The van der Waals surface area contributed by atoms with Crippen LogP contribution in [0.2, 0.25) is 0 Å². The second kappa shape index (κ2) is 4.62. The molecule has 0 aliphatic heterocycles. The van der Waals surface area contributed by atoms with E-state index >= 15 is 0 Å². The first-order chi connectivity index (χ1) is 6.89. The fourth-order valence-corrected chi connectivity index (χ4v) is 1.91. The molecule has 84 valence electrons. The minimum absolute atomic E-state index is 0.0151. The van der Waals surface area contributed by atoms with Crippen LogP contribution in [0.1, 0.15) is 32.8 Å². The molecule has 1 aromatic rings. The number of halogens is 2. The molecule has 1 rings (SSSR count). The standard InChI is InChI=1S/C12H16BrFO/c1-4-8(2)12(3,15)10-7-9(13)5-6-11(10)14/h5-8,15H,4H2,1-3H3. The molecule has 0 bridgehead atoms. The van der Waals surface area contributed by atoms with E-state index in [1.54, 1.807) is 19.1 Å². The van der Waals surface area contributed by atoms with Crippen LogP contribution in [0.4, 0.5) is 4.39 Å². The van der Waals surface area contributed by atoms with Crippen molar-refractivity contribution in [3.63, 3.8) is 0 Å². The van der Waals surface area contributed by atoms with Crippen molar-refractivity contribution >= 4 is 15.9 Å². The molecule has 0 fully saturated rings. The van der Waals surface area contributed by atoms with Gasteiger partial charge in [0.05, 0.1) is 5.60 Å². The Bertz CT molecular complexity index is 349. The van der Waals surface area contributed by atoms with Gasteiger partial charge in [-0.2, -0.15) is 0 Å². The fraction of sp³-hybridized carbons (Fsp3) is 0.500. The van der Waals surface area contributed by atoms with E-state index in [4.69, 9.17) is 0 Å². The highest BCUT2D eigenvalue weighted by atomic mass is 79.9. The zero-order chi connectivity index (χ0) is 11.6. The van der Waals surface area contributed by atoms with Crippen molar-refractivity contribution < 1.29 is 9.50 Å². The topological polar surface area (TPSA) is 20.2 Å². The third-order valence-electron chi connectivity index (χ3n) is 3.05. The zero-order valence-corrected chi connectivity index (χ0v) is 10.8. The second-order valence-corrected chi connectivity index (χ2v) is 5.00. The average Bonchev–Trinajstić information content (AvgIpc) is 2.20. The first kappa shape index (κ1) is 12.7. The molecule has 2 atom stereocenters. The molecule has 1 aromatic carbocycles. The molecule has 0 aliphatic carbocycles. The third kappa shape index (κ3) is 2.58. The molecular formula is C12H16BrFO. The number of aliphatic hydroxyl groups is 1. The maximum atomic E-state index is 13.6. The van der Waals surface area contributed by atoms with Crippen LogP contribution in [0, 0.1) is 11.7 Å². The number of hydrogen-bond acceptors (Lipinski definition) is 1. The molecule has 15 heavy (non-hydrogen) atoms. The second-order valence-electron chi connectivity index (χ2n) is 4.08. The Kier molecular flexibility index (Phi) is 3.90. The van der Waals surface area contributed by atoms with Gasteiger partial charge in [-0.05, 0) is 31.0 Å². The largest absolute Gasteiger partial charge is 0.385 e. The molecule has 0 spiro atoms. The first-order valence-electron chi connectivity index (χ1n) is 5.07. The van der Waals surface area contributed by atoms with Gasteiger partial charge in [0.1, 0.15) is 5.82 Å². The third-order valence-corrected chi connectivity index (χ3v) is 3.54. The van der Waals surface area contributed by atoms with E-state index in [0.717, 1.165) is 10.9 Å². The molecule has 0 amide bonds. The summed E-state index contributed by atoms with van der Waals surface area (Å²) in [6.45, 7) is 5.56. The molecule has 2 unspecified atom stereocenters. The highest BCUT2D eigenvalue weighted by Gasteiger charge is 2.31. The van der Waals surface area contributed by atoms with E-state index in [1.165, 1.54) is 6.07 Å². The number of hydrogen-bond donors (Lipinski definition) is 1. The summed E-state index contributed by atoms with van der Waals surface area (Å²) in [5.41, 5.74) is -0.769. The van der Waals surface area contributed by atoms with E-state index in [-0.39, 0.29) is 11.7 Å². The summed E-state index contributed by atoms with van der Waals surface area (Å²) in [7, 11) is 0. The molecule has 0 aliphatic rings. The highest BCUT2D eigenvalue weighted by Crippen LogP contribution is 2.34. The van der Waals surface area contributed by atoms with Crippen LogP contribution in [-0.4, -0.2) is 5.11 Å². The van der Waals surface area contributed by atoms with Crippen LogP contribution in [-0.2, 0) is 5.60 Å². The zero-order valence-electron chi connectivity index (χ0n) is 9.22. The van der Waals surface area contributed by atoms with Crippen molar-refractivity contribution in [2.24, 2.45) is 5.92 Å². The van der Waals surface area contributed by atoms with E-state index in [9.17, 15) is 9.50 Å². The maximum absolute atomic E-state index is 13.6. The Morgan fingerprint density at radius 1 is 1.53 bits per heavy atom. The molecule has 1 N–H and O–H groups in total. The van der Waals surface area contributed by atoms with E-state index in [0.29, 0.717) is 5.56 Å². The van der Waals surface area contributed by atoms with Gasteiger partial charge in [0.25, 0.3) is 0 Å². The van der Waals surface area contributed by atoms with Gasteiger partial charge in [0.2, 0.25) is 0 Å². The smallest absolute Gasteiger partial charge is 0.129 e. The van der Waals surface area contributed by atoms with Crippen molar-refractivity contribution in [1.29, 1.82) is 0 Å². The Balaban J connectivity index is 3.19. The van der Waals surface area contributed by atoms with Crippen LogP contribution in [0.5, 0.6) is 0 Å². The molecule has 1 nitrogen and oxygen atoms in total. The fourth-order valence-electron chi connectivity index (χ4n) is 1.55. The normalized spacial score (nSPS) is 17.2. The predicted octanol–water partition coefficient (Wildman–Crippen LogP) is 3.84. The number of rotatable bonds is 3. The van der Waals surface area contributed by atoms with Gasteiger partial charge in [0.15, 0.2) is 0 Å². The summed E-state index contributed by atoms with van der Waals surface area (Å²) in [5.74, 6) is -0.343. The van der Waals surface area contributed by atoms with Crippen molar-refractivity contribution in [2.75, 3.05) is 0 Å². The Labute approximate surface area is 98.4 Å². The summed E-state index contributed by atoms with van der Waals surface area (Å²) in [5, 5.41) is 10.3. The van der Waals surface area contributed by atoms with Crippen molar-refractivity contribution in [1.82, 2.24) is 0 Å². The minimum Gasteiger partial charge on any atom is -0.385 e. The van der Waals surface area contributed by atoms with Gasteiger partial charge in [-0.1, -0.05) is 36.2 Å². The van der Waals surface area contributed by atoms with E-state index < -0.39 is 5.60 Å². The van der Waals surface area contributed by atoms with Crippen LogP contribution in [0.15, 0.2) is 22.7 Å². The van der Waals surface area contributed by atoms with Gasteiger partial charge in [-0.3, -0.25) is 0 Å². The average molecular weight is 275 g/mol. The van der Waals surface area contributed by atoms with Crippen LogP contribution < -0.4 is 0 Å². The molecule has 0 saturated heterocycles. The Hall–Kier alpha value is -0.410. The summed E-state index contributed by atoms with van der Waals surface area (Å²) in [6, 6.07) is 4.64. The molecule has 0 saturated carbocycles. The van der Waals surface area contributed by atoms with Crippen LogP contribution in [0.3, 0.4) is 0 Å². The van der Waals surface area contributed by atoms with E-state index in [1.807, 2.05) is 13.8 Å².